The molecule has 22 heavy (non-hydrogen) atoms. The average Bonchev–Trinajstić information content (AvgIpc) is 2.58. The molecule has 0 aromatic carbocycles. The van der Waals surface area contributed by atoms with E-state index in [1.54, 1.807) is 0 Å². The van der Waals surface area contributed by atoms with Gasteiger partial charge in [-0.15, -0.1) is 6.58 Å². The summed E-state index contributed by atoms with van der Waals surface area (Å²) >= 11 is 0. The fraction of sp³-hybridized carbons (Fsp3) is 0.810. The van der Waals surface area contributed by atoms with Crippen LogP contribution in [0.4, 0.5) is 0 Å². The van der Waals surface area contributed by atoms with Gasteiger partial charge >= 0.3 is 0 Å². The van der Waals surface area contributed by atoms with Crippen LogP contribution in [0.15, 0.2) is 24.8 Å². The SMILES string of the molecule is C=CCOC1CCC(C2CCC(/C=C/CCCC)CC2)CC1. The number of allylic oxidation sites excluding steroid dienone is 2. The second kappa shape index (κ2) is 10.3. The molecule has 0 saturated heterocycles. The minimum atomic E-state index is 0.507. The number of ether oxygens (including phenoxy) is 1. The van der Waals surface area contributed by atoms with Crippen LogP contribution in [-0.4, -0.2) is 12.7 Å². The molecular weight excluding hydrogens is 268 g/mol. The zero-order valence-electron chi connectivity index (χ0n) is 14.6. The third-order valence-electron chi connectivity index (χ3n) is 5.78. The van der Waals surface area contributed by atoms with Gasteiger partial charge in [-0.2, -0.15) is 0 Å². The highest BCUT2D eigenvalue weighted by Gasteiger charge is 2.30. The lowest BCUT2D eigenvalue weighted by atomic mass is 9.70. The molecule has 0 bridgehead atoms. The van der Waals surface area contributed by atoms with Crippen molar-refractivity contribution in [2.45, 2.75) is 83.7 Å². The first-order valence-corrected chi connectivity index (χ1v) is 9.72. The minimum Gasteiger partial charge on any atom is -0.374 e. The van der Waals surface area contributed by atoms with Crippen molar-refractivity contribution in [2.24, 2.45) is 17.8 Å². The number of hydrogen-bond acceptors (Lipinski definition) is 1. The number of unbranched alkanes of at least 4 members (excludes halogenated alkanes) is 2. The Morgan fingerprint density at radius 1 is 0.955 bits per heavy atom. The summed E-state index contributed by atoms with van der Waals surface area (Å²) in [6.45, 7) is 6.74. The summed E-state index contributed by atoms with van der Waals surface area (Å²) in [4.78, 5) is 0. The highest BCUT2D eigenvalue weighted by molar-refractivity contribution is 4.92. The Morgan fingerprint density at radius 3 is 2.18 bits per heavy atom. The lowest BCUT2D eigenvalue weighted by Gasteiger charge is -2.37. The molecule has 0 atom stereocenters. The van der Waals surface area contributed by atoms with Crippen molar-refractivity contribution in [3.63, 3.8) is 0 Å². The van der Waals surface area contributed by atoms with Crippen molar-refractivity contribution < 1.29 is 4.74 Å². The Bertz CT molecular complexity index is 317. The van der Waals surface area contributed by atoms with Crippen LogP contribution in [0.2, 0.25) is 0 Å². The highest BCUT2D eigenvalue weighted by atomic mass is 16.5. The van der Waals surface area contributed by atoms with Gasteiger partial charge in [0, 0.05) is 0 Å². The summed E-state index contributed by atoms with van der Waals surface area (Å²) < 4.78 is 5.82. The summed E-state index contributed by atoms with van der Waals surface area (Å²) in [6.07, 6.45) is 22.4. The molecule has 0 N–H and O–H groups in total. The maximum atomic E-state index is 5.82. The van der Waals surface area contributed by atoms with Gasteiger partial charge < -0.3 is 4.74 Å². The van der Waals surface area contributed by atoms with E-state index in [4.69, 9.17) is 4.74 Å². The molecule has 2 saturated carbocycles. The minimum absolute atomic E-state index is 0.507. The fourth-order valence-electron chi connectivity index (χ4n) is 4.35. The molecule has 1 heteroatoms. The Balaban J connectivity index is 1.63. The molecule has 0 aromatic heterocycles. The van der Waals surface area contributed by atoms with Crippen molar-refractivity contribution in [3.05, 3.63) is 24.8 Å². The molecule has 126 valence electrons. The van der Waals surface area contributed by atoms with Crippen LogP contribution in [-0.2, 0) is 4.74 Å². The van der Waals surface area contributed by atoms with E-state index in [1.807, 2.05) is 6.08 Å². The molecule has 0 amide bonds. The topological polar surface area (TPSA) is 9.23 Å². The van der Waals surface area contributed by atoms with E-state index in [0.717, 1.165) is 24.4 Å². The van der Waals surface area contributed by atoms with Crippen LogP contribution in [0.3, 0.4) is 0 Å². The molecule has 2 aliphatic rings. The van der Waals surface area contributed by atoms with Crippen molar-refractivity contribution in [1.29, 1.82) is 0 Å². The Labute approximate surface area is 138 Å². The maximum absolute atomic E-state index is 5.82. The monoisotopic (exact) mass is 304 g/mol. The third kappa shape index (κ3) is 5.91. The van der Waals surface area contributed by atoms with E-state index in [0.29, 0.717) is 6.10 Å². The Hall–Kier alpha value is -0.560. The summed E-state index contributed by atoms with van der Waals surface area (Å²) in [5.74, 6) is 2.86. The van der Waals surface area contributed by atoms with Gasteiger partial charge in [0.2, 0.25) is 0 Å². The number of hydrogen-bond donors (Lipinski definition) is 0. The van der Waals surface area contributed by atoms with Crippen LogP contribution in [0.1, 0.15) is 77.6 Å². The molecule has 2 fully saturated rings. The summed E-state index contributed by atoms with van der Waals surface area (Å²) in [6, 6.07) is 0. The van der Waals surface area contributed by atoms with E-state index in [-0.39, 0.29) is 0 Å². The van der Waals surface area contributed by atoms with E-state index in [2.05, 4.69) is 25.7 Å². The first-order chi connectivity index (χ1) is 10.8. The lowest BCUT2D eigenvalue weighted by molar-refractivity contribution is 0.0220. The fourth-order valence-corrected chi connectivity index (χ4v) is 4.35. The quantitative estimate of drug-likeness (QED) is 0.377. The lowest BCUT2D eigenvalue weighted by Crippen LogP contribution is -2.28. The van der Waals surface area contributed by atoms with Crippen LogP contribution >= 0.6 is 0 Å². The maximum Gasteiger partial charge on any atom is 0.0648 e. The molecule has 0 spiro atoms. The molecule has 0 aromatic rings. The van der Waals surface area contributed by atoms with Crippen LogP contribution < -0.4 is 0 Å². The van der Waals surface area contributed by atoms with Crippen LogP contribution in [0, 0.1) is 17.8 Å². The van der Waals surface area contributed by atoms with Crippen molar-refractivity contribution in [2.75, 3.05) is 6.61 Å². The molecular formula is C21H36O. The first-order valence-electron chi connectivity index (χ1n) is 9.72. The standard InChI is InChI=1S/C21H36O/c1-3-5-6-7-8-18-9-11-19(12-10-18)20-13-15-21(16-14-20)22-17-4-2/h4,7-8,18-21H,2-3,5-6,9-17H2,1H3/b8-7+. The van der Waals surface area contributed by atoms with Crippen LogP contribution in [0.25, 0.3) is 0 Å². The van der Waals surface area contributed by atoms with Crippen molar-refractivity contribution in [3.8, 4) is 0 Å². The highest BCUT2D eigenvalue weighted by Crippen LogP contribution is 2.40. The molecule has 2 aliphatic carbocycles. The van der Waals surface area contributed by atoms with Crippen molar-refractivity contribution >= 4 is 0 Å². The van der Waals surface area contributed by atoms with Gasteiger partial charge in [-0.1, -0.05) is 38.0 Å². The summed E-state index contributed by atoms with van der Waals surface area (Å²) in [5, 5.41) is 0. The smallest absolute Gasteiger partial charge is 0.0648 e. The van der Waals surface area contributed by atoms with Crippen LogP contribution in [0.5, 0.6) is 0 Å². The van der Waals surface area contributed by atoms with E-state index in [9.17, 15) is 0 Å². The summed E-state index contributed by atoms with van der Waals surface area (Å²) in [7, 11) is 0. The molecule has 0 radical (unpaired) electrons. The zero-order chi connectivity index (χ0) is 15.6. The third-order valence-corrected chi connectivity index (χ3v) is 5.78. The summed E-state index contributed by atoms with van der Waals surface area (Å²) in [5.41, 5.74) is 0. The largest absolute Gasteiger partial charge is 0.374 e. The van der Waals surface area contributed by atoms with Crippen molar-refractivity contribution in [1.82, 2.24) is 0 Å². The predicted octanol–water partition coefficient (Wildman–Crippen LogP) is 6.30. The molecule has 0 unspecified atom stereocenters. The average molecular weight is 305 g/mol. The zero-order valence-corrected chi connectivity index (χ0v) is 14.6. The van der Waals surface area contributed by atoms with E-state index < -0.39 is 0 Å². The first kappa shape index (κ1) is 17.8. The molecule has 2 rings (SSSR count). The second-order valence-electron chi connectivity index (χ2n) is 7.40. The van der Waals surface area contributed by atoms with E-state index in [1.165, 1.54) is 70.6 Å². The van der Waals surface area contributed by atoms with Gasteiger partial charge in [0.25, 0.3) is 0 Å². The predicted molar refractivity (Wildman–Crippen MR) is 96.0 cm³/mol. The number of rotatable bonds is 8. The normalized spacial score (nSPS) is 33.1. The molecule has 1 nitrogen and oxygen atoms in total. The Morgan fingerprint density at radius 2 is 1.59 bits per heavy atom. The Kier molecular flexibility index (Phi) is 8.30. The molecule has 0 heterocycles. The molecule has 0 aliphatic heterocycles. The van der Waals surface area contributed by atoms with Gasteiger partial charge in [-0.05, 0) is 75.5 Å². The van der Waals surface area contributed by atoms with Gasteiger partial charge in [-0.25, -0.2) is 0 Å². The second-order valence-corrected chi connectivity index (χ2v) is 7.40. The van der Waals surface area contributed by atoms with Gasteiger partial charge in [0.15, 0.2) is 0 Å². The van der Waals surface area contributed by atoms with Gasteiger partial charge in [-0.3, -0.25) is 0 Å². The van der Waals surface area contributed by atoms with E-state index >= 15 is 0 Å². The van der Waals surface area contributed by atoms with Gasteiger partial charge in [0.05, 0.1) is 12.7 Å². The van der Waals surface area contributed by atoms with Gasteiger partial charge in [0.1, 0.15) is 0 Å².